The number of aryl methyl sites for hydroxylation is 1. The third-order valence-corrected chi connectivity index (χ3v) is 4.78. The third kappa shape index (κ3) is 3.09. The largest absolute Gasteiger partial charge is 0.338 e. The lowest BCUT2D eigenvalue weighted by Crippen LogP contribution is -2.29. The zero-order valence-corrected chi connectivity index (χ0v) is 12.5. The van der Waals surface area contributed by atoms with Crippen LogP contribution in [0.2, 0.25) is 0 Å². The Morgan fingerprint density at radius 1 is 1.42 bits per heavy atom. The first kappa shape index (κ1) is 14.3. The fourth-order valence-electron chi connectivity index (χ4n) is 2.27. The number of hydrogen-bond acceptors (Lipinski definition) is 3. The van der Waals surface area contributed by atoms with Gasteiger partial charge in [-0.3, -0.25) is 4.79 Å². The molecule has 0 aromatic heterocycles. The van der Waals surface area contributed by atoms with Crippen LogP contribution in [-0.4, -0.2) is 32.3 Å². The Labute approximate surface area is 117 Å². The average molecular weight is 302 g/mol. The van der Waals surface area contributed by atoms with Crippen LogP contribution >= 0.6 is 10.7 Å². The van der Waals surface area contributed by atoms with Crippen LogP contribution in [0.25, 0.3) is 0 Å². The van der Waals surface area contributed by atoms with Gasteiger partial charge >= 0.3 is 0 Å². The zero-order chi connectivity index (χ0) is 14.2. The van der Waals surface area contributed by atoms with Crippen molar-refractivity contribution in [2.75, 3.05) is 13.1 Å². The smallest absolute Gasteiger partial charge is 0.261 e. The second-order valence-electron chi connectivity index (χ2n) is 5.06. The van der Waals surface area contributed by atoms with Crippen LogP contribution in [0.3, 0.4) is 0 Å². The van der Waals surface area contributed by atoms with E-state index in [1.807, 2.05) is 0 Å². The molecular weight excluding hydrogens is 286 g/mol. The van der Waals surface area contributed by atoms with Crippen molar-refractivity contribution in [2.24, 2.45) is 5.92 Å². The predicted octanol–water partition coefficient (Wildman–Crippen LogP) is 2.40. The minimum atomic E-state index is -3.81. The lowest BCUT2D eigenvalue weighted by molar-refractivity contribution is 0.0787. The number of benzene rings is 1. The van der Waals surface area contributed by atoms with Gasteiger partial charge in [-0.15, -0.1) is 0 Å². The summed E-state index contributed by atoms with van der Waals surface area (Å²) in [5.74, 6) is 0.369. The highest BCUT2D eigenvalue weighted by Gasteiger charge is 2.26. The topological polar surface area (TPSA) is 54.5 Å². The van der Waals surface area contributed by atoms with E-state index in [4.69, 9.17) is 10.7 Å². The molecule has 0 aliphatic carbocycles. The highest BCUT2D eigenvalue weighted by atomic mass is 35.7. The summed E-state index contributed by atoms with van der Waals surface area (Å²) in [4.78, 5) is 14.1. The maximum absolute atomic E-state index is 12.4. The van der Waals surface area contributed by atoms with Gasteiger partial charge in [-0.05, 0) is 37.0 Å². The SMILES string of the molecule is Cc1ccc(S(=O)(=O)Cl)cc1C(=O)N1CCC(C)C1. The van der Waals surface area contributed by atoms with Crippen molar-refractivity contribution in [3.8, 4) is 0 Å². The molecule has 1 heterocycles. The highest BCUT2D eigenvalue weighted by molar-refractivity contribution is 8.13. The molecule has 1 saturated heterocycles. The van der Waals surface area contributed by atoms with Gasteiger partial charge in [0.15, 0.2) is 0 Å². The highest BCUT2D eigenvalue weighted by Crippen LogP contribution is 2.23. The van der Waals surface area contributed by atoms with Crippen LogP contribution in [0.5, 0.6) is 0 Å². The van der Waals surface area contributed by atoms with Crippen molar-refractivity contribution in [3.05, 3.63) is 29.3 Å². The Balaban J connectivity index is 2.36. The number of halogens is 1. The quantitative estimate of drug-likeness (QED) is 0.788. The first-order valence-electron chi connectivity index (χ1n) is 6.13. The van der Waals surface area contributed by atoms with E-state index in [0.717, 1.165) is 25.1 Å². The van der Waals surface area contributed by atoms with E-state index in [9.17, 15) is 13.2 Å². The van der Waals surface area contributed by atoms with Gasteiger partial charge in [-0.2, -0.15) is 0 Å². The molecule has 0 spiro atoms. The molecule has 0 radical (unpaired) electrons. The van der Waals surface area contributed by atoms with Gasteiger partial charge in [-0.1, -0.05) is 13.0 Å². The summed E-state index contributed by atoms with van der Waals surface area (Å²) < 4.78 is 22.7. The van der Waals surface area contributed by atoms with Crippen molar-refractivity contribution in [2.45, 2.75) is 25.2 Å². The first-order chi connectivity index (χ1) is 8.79. The number of carbonyl (C=O) groups is 1. The molecule has 1 aromatic carbocycles. The van der Waals surface area contributed by atoms with Gasteiger partial charge in [0.25, 0.3) is 15.0 Å². The van der Waals surface area contributed by atoms with E-state index >= 15 is 0 Å². The summed E-state index contributed by atoms with van der Waals surface area (Å²) in [7, 11) is 1.51. The standard InChI is InChI=1S/C13H16ClNO3S/c1-9-5-6-15(8-9)13(16)12-7-11(19(14,17)18)4-3-10(12)2/h3-4,7,9H,5-6,8H2,1-2H3. The minimum absolute atomic E-state index is 0.0321. The monoisotopic (exact) mass is 301 g/mol. The summed E-state index contributed by atoms with van der Waals surface area (Å²) in [6.07, 6.45) is 0.984. The fourth-order valence-corrected chi connectivity index (χ4v) is 3.05. The lowest BCUT2D eigenvalue weighted by Gasteiger charge is -2.17. The van der Waals surface area contributed by atoms with Crippen LogP contribution in [-0.2, 0) is 9.05 Å². The molecule has 0 saturated carbocycles. The number of amides is 1. The Morgan fingerprint density at radius 2 is 2.11 bits per heavy atom. The normalized spacial score (nSPS) is 19.7. The number of rotatable bonds is 2. The second-order valence-corrected chi connectivity index (χ2v) is 7.63. The van der Waals surface area contributed by atoms with Crippen molar-refractivity contribution in [1.29, 1.82) is 0 Å². The Hall–Kier alpha value is -1.07. The summed E-state index contributed by atoms with van der Waals surface area (Å²) in [6, 6.07) is 4.39. The van der Waals surface area contributed by atoms with E-state index in [-0.39, 0.29) is 10.8 Å². The van der Waals surface area contributed by atoms with E-state index in [2.05, 4.69) is 6.92 Å². The molecule has 19 heavy (non-hydrogen) atoms. The molecule has 1 unspecified atom stereocenters. The molecule has 1 fully saturated rings. The maximum Gasteiger partial charge on any atom is 0.261 e. The summed E-state index contributed by atoms with van der Waals surface area (Å²) in [6.45, 7) is 5.32. The van der Waals surface area contributed by atoms with E-state index in [1.165, 1.54) is 12.1 Å². The average Bonchev–Trinajstić information content (AvgIpc) is 2.74. The van der Waals surface area contributed by atoms with Crippen LogP contribution in [0.15, 0.2) is 23.1 Å². The van der Waals surface area contributed by atoms with Crippen LogP contribution in [0.4, 0.5) is 0 Å². The van der Waals surface area contributed by atoms with Gasteiger partial charge in [0.2, 0.25) is 0 Å². The Bertz CT molecular complexity index is 612. The van der Waals surface area contributed by atoms with Gasteiger partial charge in [-0.25, -0.2) is 8.42 Å². The van der Waals surface area contributed by atoms with Crippen molar-refractivity contribution < 1.29 is 13.2 Å². The Kier molecular flexibility index (Phi) is 3.87. The molecule has 2 rings (SSSR count). The maximum atomic E-state index is 12.4. The molecular formula is C13H16ClNO3S. The molecule has 6 heteroatoms. The minimum Gasteiger partial charge on any atom is -0.338 e. The van der Waals surface area contributed by atoms with Crippen LogP contribution < -0.4 is 0 Å². The van der Waals surface area contributed by atoms with E-state index in [0.29, 0.717) is 11.5 Å². The number of likely N-dealkylation sites (tertiary alicyclic amines) is 1. The van der Waals surface area contributed by atoms with E-state index < -0.39 is 9.05 Å². The first-order valence-corrected chi connectivity index (χ1v) is 8.44. The van der Waals surface area contributed by atoms with Crippen molar-refractivity contribution >= 4 is 25.6 Å². The molecule has 0 N–H and O–H groups in total. The van der Waals surface area contributed by atoms with Gasteiger partial charge in [0.05, 0.1) is 4.90 Å². The molecule has 1 aromatic rings. The van der Waals surface area contributed by atoms with Crippen LogP contribution in [0, 0.1) is 12.8 Å². The number of carbonyl (C=O) groups excluding carboxylic acids is 1. The summed E-state index contributed by atoms with van der Waals surface area (Å²) in [5.41, 5.74) is 1.17. The lowest BCUT2D eigenvalue weighted by atomic mass is 10.1. The van der Waals surface area contributed by atoms with E-state index in [1.54, 1.807) is 17.9 Å². The van der Waals surface area contributed by atoms with Gasteiger partial charge < -0.3 is 4.90 Å². The Morgan fingerprint density at radius 3 is 2.63 bits per heavy atom. The molecule has 1 aliphatic heterocycles. The van der Waals surface area contributed by atoms with Gasteiger partial charge in [0.1, 0.15) is 0 Å². The molecule has 1 aliphatic rings. The van der Waals surface area contributed by atoms with Gasteiger partial charge in [0, 0.05) is 29.3 Å². The van der Waals surface area contributed by atoms with Crippen molar-refractivity contribution in [1.82, 2.24) is 4.90 Å². The van der Waals surface area contributed by atoms with Crippen molar-refractivity contribution in [3.63, 3.8) is 0 Å². The molecule has 1 amide bonds. The molecule has 104 valence electrons. The molecule has 1 atom stereocenters. The summed E-state index contributed by atoms with van der Waals surface area (Å²) >= 11 is 0. The second kappa shape index (κ2) is 5.13. The third-order valence-electron chi connectivity index (χ3n) is 3.43. The fraction of sp³-hybridized carbons (Fsp3) is 0.462. The molecule has 0 bridgehead atoms. The van der Waals surface area contributed by atoms with Crippen LogP contribution in [0.1, 0.15) is 29.3 Å². The predicted molar refractivity (Wildman–Crippen MR) is 73.9 cm³/mol. The zero-order valence-electron chi connectivity index (χ0n) is 10.9. The number of nitrogens with zero attached hydrogens (tertiary/aromatic N) is 1. The summed E-state index contributed by atoms with van der Waals surface area (Å²) in [5, 5.41) is 0. The molecule has 4 nitrogen and oxygen atoms in total. The number of hydrogen-bond donors (Lipinski definition) is 0.